The van der Waals surface area contributed by atoms with Crippen LogP contribution in [-0.4, -0.2) is 30.1 Å². The number of ether oxygens (including phenoxy) is 2. The van der Waals surface area contributed by atoms with Gasteiger partial charge in [-0.25, -0.2) is 4.79 Å². The molecule has 2 aromatic carbocycles. The van der Waals surface area contributed by atoms with Gasteiger partial charge in [-0.05, 0) is 52.2 Å². The Balaban J connectivity index is 1.86. The molecule has 1 N–H and O–H groups in total. The molecule has 0 atom stereocenters. The number of benzene rings is 2. The SMILES string of the molecule is C=CCOc1c(Br)cc(/C=C2/NC(=O)N(Cc3ccccc3)C2=O)cc1OCC. The second kappa shape index (κ2) is 9.43. The fourth-order valence-electron chi connectivity index (χ4n) is 2.86. The predicted octanol–water partition coefficient (Wildman–Crippen LogP) is 4.51. The molecule has 1 heterocycles. The highest BCUT2D eigenvalue weighted by Gasteiger charge is 2.33. The lowest BCUT2D eigenvalue weighted by Gasteiger charge is -2.14. The van der Waals surface area contributed by atoms with E-state index < -0.39 is 6.03 Å². The number of nitrogens with one attached hydrogen (secondary N) is 1. The van der Waals surface area contributed by atoms with Gasteiger partial charge in [0.1, 0.15) is 12.3 Å². The molecule has 0 saturated carbocycles. The molecule has 150 valence electrons. The minimum Gasteiger partial charge on any atom is -0.490 e. The molecular weight excluding hydrogens is 436 g/mol. The summed E-state index contributed by atoms with van der Waals surface area (Å²) in [5.74, 6) is 0.717. The van der Waals surface area contributed by atoms with Gasteiger partial charge in [-0.2, -0.15) is 0 Å². The number of rotatable bonds is 8. The molecule has 0 aliphatic carbocycles. The van der Waals surface area contributed by atoms with E-state index in [4.69, 9.17) is 9.47 Å². The normalized spacial score (nSPS) is 14.8. The molecule has 1 aliphatic heterocycles. The van der Waals surface area contributed by atoms with Crippen molar-refractivity contribution in [2.24, 2.45) is 0 Å². The lowest BCUT2D eigenvalue weighted by atomic mass is 10.1. The van der Waals surface area contributed by atoms with Crippen molar-refractivity contribution in [3.63, 3.8) is 0 Å². The maximum atomic E-state index is 12.7. The molecule has 0 spiro atoms. The number of halogens is 1. The Morgan fingerprint density at radius 3 is 2.62 bits per heavy atom. The Morgan fingerprint density at radius 1 is 1.17 bits per heavy atom. The monoisotopic (exact) mass is 456 g/mol. The van der Waals surface area contributed by atoms with E-state index in [-0.39, 0.29) is 18.1 Å². The van der Waals surface area contributed by atoms with Crippen LogP contribution in [0.2, 0.25) is 0 Å². The number of urea groups is 1. The summed E-state index contributed by atoms with van der Waals surface area (Å²) < 4.78 is 12.0. The van der Waals surface area contributed by atoms with Crippen molar-refractivity contribution in [3.05, 3.63) is 76.4 Å². The van der Waals surface area contributed by atoms with Crippen molar-refractivity contribution in [2.75, 3.05) is 13.2 Å². The van der Waals surface area contributed by atoms with Crippen molar-refractivity contribution in [2.45, 2.75) is 13.5 Å². The summed E-state index contributed by atoms with van der Waals surface area (Å²) in [6, 6.07) is 12.5. The zero-order valence-electron chi connectivity index (χ0n) is 16.0. The second-order valence-corrected chi connectivity index (χ2v) is 7.08. The first-order chi connectivity index (χ1) is 14.0. The van der Waals surface area contributed by atoms with Crippen molar-refractivity contribution >= 4 is 33.9 Å². The molecule has 6 nitrogen and oxygen atoms in total. The van der Waals surface area contributed by atoms with E-state index in [0.717, 1.165) is 5.56 Å². The summed E-state index contributed by atoms with van der Waals surface area (Å²) in [4.78, 5) is 26.2. The fourth-order valence-corrected chi connectivity index (χ4v) is 3.44. The van der Waals surface area contributed by atoms with Gasteiger partial charge in [-0.3, -0.25) is 9.69 Å². The number of hydrogen-bond acceptors (Lipinski definition) is 4. The first-order valence-electron chi connectivity index (χ1n) is 9.12. The second-order valence-electron chi connectivity index (χ2n) is 6.23. The lowest BCUT2D eigenvalue weighted by Crippen LogP contribution is -2.30. The van der Waals surface area contributed by atoms with Crippen LogP contribution in [0, 0.1) is 0 Å². The molecule has 0 radical (unpaired) electrons. The number of hydrogen-bond donors (Lipinski definition) is 1. The molecule has 2 aromatic rings. The van der Waals surface area contributed by atoms with E-state index in [1.807, 2.05) is 37.3 Å². The molecule has 3 rings (SSSR count). The largest absolute Gasteiger partial charge is 0.490 e. The van der Waals surface area contributed by atoms with Gasteiger partial charge in [-0.15, -0.1) is 0 Å². The van der Waals surface area contributed by atoms with Crippen LogP contribution in [0.5, 0.6) is 11.5 Å². The molecule has 3 amide bonds. The van der Waals surface area contributed by atoms with Gasteiger partial charge in [0.2, 0.25) is 0 Å². The lowest BCUT2D eigenvalue weighted by molar-refractivity contribution is -0.123. The molecule has 7 heteroatoms. The van der Waals surface area contributed by atoms with Crippen molar-refractivity contribution in [1.82, 2.24) is 10.2 Å². The molecule has 0 aromatic heterocycles. The van der Waals surface area contributed by atoms with Crippen LogP contribution in [0.1, 0.15) is 18.1 Å². The van der Waals surface area contributed by atoms with Crippen molar-refractivity contribution < 1.29 is 19.1 Å². The molecule has 0 unspecified atom stereocenters. The third-order valence-corrected chi connectivity index (χ3v) is 4.72. The Labute approximate surface area is 177 Å². The first kappa shape index (κ1) is 20.7. The summed E-state index contributed by atoms with van der Waals surface area (Å²) in [7, 11) is 0. The number of carbonyl (C=O) groups excluding carboxylic acids is 2. The van der Waals surface area contributed by atoms with E-state index in [1.54, 1.807) is 24.3 Å². The van der Waals surface area contributed by atoms with Gasteiger partial charge in [0.15, 0.2) is 11.5 Å². The van der Waals surface area contributed by atoms with E-state index in [2.05, 4.69) is 27.8 Å². The Morgan fingerprint density at radius 2 is 1.93 bits per heavy atom. The zero-order valence-corrected chi connectivity index (χ0v) is 17.6. The van der Waals surface area contributed by atoms with Crippen LogP contribution in [0.25, 0.3) is 6.08 Å². The van der Waals surface area contributed by atoms with Gasteiger partial charge in [-0.1, -0.05) is 43.0 Å². The maximum absolute atomic E-state index is 12.7. The molecule has 1 aliphatic rings. The van der Waals surface area contributed by atoms with E-state index in [1.165, 1.54) is 4.90 Å². The Kier molecular flexibility index (Phi) is 6.72. The quantitative estimate of drug-likeness (QED) is 0.360. The van der Waals surface area contributed by atoms with E-state index in [0.29, 0.717) is 34.7 Å². The van der Waals surface area contributed by atoms with Crippen LogP contribution in [0.15, 0.2) is 65.3 Å². The highest BCUT2D eigenvalue weighted by atomic mass is 79.9. The van der Waals surface area contributed by atoms with Gasteiger partial charge in [0, 0.05) is 0 Å². The number of nitrogens with zero attached hydrogens (tertiary/aromatic N) is 1. The van der Waals surface area contributed by atoms with Gasteiger partial charge in [0.05, 0.1) is 17.6 Å². The van der Waals surface area contributed by atoms with Gasteiger partial charge in [0.25, 0.3) is 5.91 Å². The highest BCUT2D eigenvalue weighted by Crippen LogP contribution is 2.37. The standard InChI is InChI=1S/C22H21BrN2O4/c1-3-10-29-20-17(23)11-16(13-19(20)28-4-2)12-18-21(26)25(22(27)24-18)14-15-8-6-5-7-9-15/h3,5-9,11-13H,1,4,10,14H2,2H3,(H,24,27)/b18-12+. The van der Waals surface area contributed by atoms with Crippen molar-refractivity contribution in [1.29, 1.82) is 0 Å². The van der Waals surface area contributed by atoms with E-state index in [9.17, 15) is 9.59 Å². The van der Waals surface area contributed by atoms with Crippen LogP contribution >= 0.6 is 15.9 Å². The number of imide groups is 1. The summed E-state index contributed by atoms with van der Waals surface area (Å²) in [5, 5.41) is 2.64. The summed E-state index contributed by atoms with van der Waals surface area (Å²) >= 11 is 3.48. The summed E-state index contributed by atoms with van der Waals surface area (Å²) in [6.07, 6.45) is 3.27. The minimum atomic E-state index is -0.444. The third kappa shape index (κ3) is 4.86. The Bertz CT molecular complexity index is 957. The zero-order chi connectivity index (χ0) is 20.8. The highest BCUT2D eigenvalue weighted by molar-refractivity contribution is 9.10. The predicted molar refractivity (Wildman–Crippen MR) is 115 cm³/mol. The molecule has 1 fully saturated rings. The van der Waals surface area contributed by atoms with Gasteiger partial charge >= 0.3 is 6.03 Å². The fraction of sp³-hybridized carbons (Fsp3) is 0.182. The molecular formula is C22H21BrN2O4. The van der Waals surface area contributed by atoms with Crippen LogP contribution in [-0.2, 0) is 11.3 Å². The molecule has 1 saturated heterocycles. The minimum absolute atomic E-state index is 0.208. The number of amides is 3. The Hall–Kier alpha value is -3.06. The summed E-state index contributed by atoms with van der Waals surface area (Å²) in [6.45, 7) is 6.52. The first-order valence-corrected chi connectivity index (χ1v) is 9.91. The smallest absolute Gasteiger partial charge is 0.329 e. The number of carbonyl (C=O) groups is 2. The van der Waals surface area contributed by atoms with Crippen LogP contribution in [0.4, 0.5) is 4.79 Å². The van der Waals surface area contributed by atoms with E-state index >= 15 is 0 Å². The third-order valence-electron chi connectivity index (χ3n) is 4.13. The van der Waals surface area contributed by atoms with Crippen molar-refractivity contribution in [3.8, 4) is 11.5 Å². The molecule has 29 heavy (non-hydrogen) atoms. The maximum Gasteiger partial charge on any atom is 0.329 e. The average molecular weight is 457 g/mol. The van der Waals surface area contributed by atoms with Gasteiger partial charge < -0.3 is 14.8 Å². The topological polar surface area (TPSA) is 67.9 Å². The summed E-state index contributed by atoms with van der Waals surface area (Å²) in [5.41, 5.74) is 1.78. The molecule has 0 bridgehead atoms. The van der Waals surface area contributed by atoms with Crippen LogP contribution in [0.3, 0.4) is 0 Å². The average Bonchev–Trinajstić information content (AvgIpc) is 2.96. The van der Waals surface area contributed by atoms with Crippen LogP contribution < -0.4 is 14.8 Å².